The average molecular weight is 202 g/mol. The molecule has 0 aromatic carbocycles. The normalized spacial score (nSPS) is 10.8. The second-order valence-electron chi connectivity index (χ2n) is 2.63. The van der Waals surface area contributed by atoms with Gasteiger partial charge in [-0.15, -0.1) is 0 Å². The van der Waals surface area contributed by atoms with E-state index in [1.807, 2.05) is 0 Å². The second kappa shape index (κ2) is 3.24. The van der Waals surface area contributed by atoms with Crippen molar-refractivity contribution in [2.24, 2.45) is 0 Å². The van der Waals surface area contributed by atoms with E-state index in [-0.39, 0.29) is 0 Å². The Labute approximate surface area is 70.2 Å². The Bertz CT molecular complexity index is 203. The first-order valence-corrected chi connectivity index (χ1v) is 4.59. The summed E-state index contributed by atoms with van der Waals surface area (Å²) in [6.45, 7) is 4.37. The topological polar surface area (TPSA) is 4.93 Å². The third kappa shape index (κ3) is 1.43. The Balaban J connectivity index is 2.90. The highest BCUT2D eigenvalue weighted by Gasteiger charge is 2.00. The highest BCUT2D eigenvalue weighted by atomic mass is 79.9. The molecule has 1 heterocycles. The summed E-state index contributed by atoms with van der Waals surface area (Å²) in [5.74, 6) is 0. The van der Waals surface area contributed by atoms with Gasteiger partial charge in [-0.2, -0.15) is 0 Å². The fourth-order valence-corrected chi connectivity index (χ4v) is 1.52. The standard InChI is InChI=1S/C8H12BrN/c1-7(2)10-5-3-4-8(10)6-9/h3-5,7H,6H2,1-2H3. The van der Waals surface area contributed by atoms with Gasteiger partial charge in [-0.25, -0.2) is 0 Å². The van der Waals surface area contributed by atoms with E-state index >= 15 is 0 Å². The number of halogens is 1. The van der Waals surface area contributed by atoms with Gasteiger partial charge in [0.2, 0.25) is 0 Å². The number of alkyl halides is 1. The number of rotatable bonds is 2. The molecule has 1 aromatic rings. The molecule has 0 radical (unpaired) electrons. The predicted molar refractivity (Wildman–Crippen MR) is 47.4 cm³/mol. The van der Waals surface area contributed by atoms with Gasteiger partial charge in [-0.3, -0.25) is 0 Å². The zero-order valence-corrected chi connectivity index (χ0v) is 7.93. The highest BCUT2D eigenvalue weighted by Crippen LogP contribution is 2.12. The maximum Gasteiger partial charge on any atom is 0.0436 e. The van der Waals surface area contributed by atoms with E-state index in [1.54, 1.807) is 0 Å². The van der Waals surface area contributed by atoms with Gasteiger partial charge in [0.25, 0.3) is 0 Å². The zero-order chi connectivity index (χ0) is 7.56. The zero-order valence-electron chi connectivity index (χ0n) is 6.34. The van der Waals surface area contributed by atoms with Crippen molar-refractivity contribution in [3.05, 3.63) is 24.0 Å². The van der Waals surface area contributed by atoms with Gasteiger partial charge in [0, 0.05) is 23.3 Å². The van der Waals surface area contributed by atoms with Gasteiger partial charge in [0.1, 0.15) is 0 Å². The van der Waals surface area contributed by atoms with Crippen LogP contribution in [0, 0.1) is 0 Å². The Morgan fingerprint density at radius 1 is 1.60 bits per heavy atom. The summed E-state index contributed by atoms with van der Waals surface area (Å²) in [7, 11) is 0. The SMILES string of the molecule is CC(C)n1cccc1CBr. The quantitative estimate of drug-likeness (QED) is 0.649. The highest BCUT2D eigenvalue weighted by molar-refractivity contribution is 9.08. The van der Waals surface area contributed by atoms with Crippen LogP contribution in [-0.2, 0) is 5.33 Å². The largest absolute Gasteiger partial charge is 0.348 e. The van der Waals surface area contributed by atoms with E-state index in [0.29, 0.717) is 6.04 Å². The fraction of sp³-hybridized carbons (Fsp3) is 0.500. The van der Waals surface area contributed by atoms with Crippen molar-refractivity contribution >= 4 is 15.9 Å². The summed E-state index contributed by atoms with van der Waals surface area (Å²) in [6, 6.07) is 4.79. The Morgan fingerprint density at radius 2 is 2.30 bits per heavy atom. The average Bonchev–Trinajstić information content (AvgIpc) is 2.33. The Morgan fingerprint density at radius 3 is 2.70 bits per heavy atom. The second-order valence-corrected chi connectivity index (χ2v) is 3.19. The molecule has 0 spiro atoms. The molecule has 0 bridgehead atoms. The van der Waals surface area contributed by atoms with Crippen molar-refractivity contribution in [2.45, 2.75) is 25.2 Å². The van der Waals surface area contributed by atoms with Crippen molar-refractivity contribution in [1.29, 1.82) is 0 Å². The van der Waals surface area contributed by atoms with Crippen LogP contribution in [0.2, 0.25) is 0 Å². The lowest BCUT2D eigenvalue weighted by Gasteiger charge is -2.10. The van der Waals surface area contributed by atoms with Gasteiger partial charge in [-0.1, -0.05) is 15.9 Å². The van der Waals surface area contributed by atoms with Crippen molar-refractivity contribution in [3.63, 3.8) is 0 Å². The van der Waals surface area contributed by atoms with Crippen LogP contribution < -0.4 is 0 Å². The molecule has 10 heavy (non-hydrogen) atoms. The Kier molecular flexibility index (Phi) is 2.55. The summed E-state index contributed by atoms with van der Waals surface area (Å²) in [5, 5.41) is 0.943. The van der Waals surface area contributed by atoms with Gasteiger partial charge >= 0.3 is 0 Å². The third-order valence-corrected chi connectivity index (χ3v) is 2.13. The van der Waals surface area contributed by atoms with Gasteiger partial charge < -0.3 is 4.57 Å². The van der Waals surface area contributed by atoms with Crippen LogP contribution in [-0.4, -0.2) is 4.57 Å². The van der Waals surface area contributed by atoms with E-state index in [1.165, 1.54) is 5.69 Å². The number of hydrogen-bond acceptors (Lipinski definition) is 0. The van der Waals surface area contributed by atoms with Crippen LogP contribution in [0.5, 0.6) is 0 Å². The first kappa shape index (κ1) is 7.86. The number of nitrogens with zero attached hydrogens (tertiary/aromatic N) is 1. The minimum Gasteiger partial charge on any atom is -0.348 e. The van der Waals surface area contributed by atoms with Crippen LogP contribution in [0.15, 0.2) is 18.3 Å². The van der Waals surface area contributed by atoms with E-state index in [2.05, 4.69) is 52.7 Å². The van der Waals surface area contributed by atoms with Crippen LogP contribution >= 0.6 is 15.9 Å². The van der Waals surface area contributed by atoms with E-state index in [9.17, 15) is 0 Å². The number of hydrogen-bond donors (Lipinski definition) is 0. The first-order valence-electron chi connectivity index (χ1n) is 3.47. The Hall–Kier alpha value is -0.240. The van der Waals surface area contributed by atoms with E-state index in [4.69, 9.17) is 0 Å². The molecule has 56 valence electrons. The van der Waals surface area contributed by atoms with Gasteiger partial charge in [0.15, 0.2) is 0 Å². The summed E-state index contributed by atoms with van der Waals surface area (Å²) in [6.07, 6.45) is 2.11. The first-order chi connectivity index (χ1) is 4.75. The minimum absolute atomic E-state index is 0.572. The maximum atomic E-state index is 3.43. The molecule has 0 N–H and O–H groups in total. The van der Waals surface area contributed by atoms with Crippen molar-refractivity contribution in [1.82, 2.24) is 4.57 Å². The molecule has 0 aliphatic heterocycles. The molecule has 0 fully saturated rings. The van der Waals surface area contributed by atoms with Crippen LogP contribution in [0.25, 0.3) is 0 Å². The molecule has 0 aliphatic rings. The molecule has 1 rings (SSSR count). The molecule has 0 saturated heterocycles. The molecule has 1 nitrogen and oxygen atoms in total. The molecule has 0 amide bonds. The van der Waals surface area contributed by atoms with Crippen molar-refractivity contribution in [2.75, 3.05) is 0 Å². The predicted octanol–water partition coefficient (Wildman–Crippen LogP) is 2.96. The lowest BCUT2D eigenvalue weighted by atomic mass is 10.4. The molecule has 0 aliphatic carbocycles. The number of aromatic nitrogens is 1. The third-order valence-electron chi connectivity index (χ3n) is 1.56. The van der Waals surface area contributed by atoms with Crippen LogP contribution in [0.1, 0.15) is 25.6 Å². The molecule has 1 aromatic heterocycles. The monoisotopic (exact) mass is 201 g/mol. The lowest BCUT2D eigenvalue weighted by molar-refractivity contribution is 0.588. The van der Waals surface area contributed by atoms with Gasteiger partial charge in [0.05, 0.1) is 0 Å². The van der Waals surface area contributed by atoms with E-state index < -0.39 is 0 Å². The van der Waals surface area contributed by atoms with E-state index in [0.717, 1.165) is 5.33 Å². The lowest BCUT2D eigenvalue weighted by Crippen LogP contribution is -2.01. The summed E-state index contributed by atoms with van der Waals surface area (Å²) < 4.78 is 2.26. The summed E-state index contributed by atoms with van der Waals surface area (Å²) in [4.78, 5) is 0. The molecular formula is C8H12BrN. The minimum atomic E-state index is 0.572. The van der Waals surface area contributed by atoms with Crippen molar-refractivity contribution < 1.29 is 0 Å². The molecule has 0 unspecified atom stereocenters. The summed E-state index contributed by atoms with van der Waals surface area (Å²) in [5.41, 5.74) is 1.34. The maximum absolute atomic E-state index is 3.43. The van der Waals surface area contributed by atoms with Gasteiger partial charge in [-0.05, 0) is 26.0 Å². The molecule has 0 atom stereocenters. The molecule has 2 heteroatoms. The molecular weight excluding hydrogens is 190 g/mol. The summed E-state index contributed by atoms with van der Waals surface area (Å²) >= 11 is 3.43. The van der Waals surface area contributed by atoms with Crippen LogP contribution in [0.3, 0.4) is 0 Å². The van der Waals surface area contributed by atoms with Crippen molar-refractivity contribution in [3.8, 4) is 0 Å². The molecule has 0 saturated carbocycles. The smallest absolute Gasteiger partial charge is 0.0436 e. The fourth-order valence-electron chi connectivity index (χ4n) is 1.05. The van der Waals surface area contributed by atoms with Crippen LogP contribution in [0.4, 0.5) is 0 Å².